The van der Waals surface area contributed by atoms with Crippen LogP contribution in [0.1, 0.15) is 38.2 Å². The van der Waals surface area contributed by atoms with E-state index in [9.17, 15) is 19.2 Å². The molecule has 0 radical (unpaired) electrons. The second-order valence-electron chi connectivity index (χ2n) is 7.55. The number of urea groups is 1. The third-order valence-electron chi connectivity index (χ3n) is 5.41. The molecular formula is C21H25N3O6. The van der Waals surface area contributed by atoms with Crippen LogP contribution in [0.4, 0.5) is 4.79 Å². The average molecular weight is 415 g/mol. The Balaban J connectivity index is 1.51. The summed E-state index contributed by atoms with van der Waals surface area (Å²) in [6, 6.07) is 6.42. The summed E-state index contributed by atoms with van der Waals surface area (Å²) in [6.07, 6.45) is 5.39. The second kappa shape index (κ2) is 8.98. The zero-order chi connectivity index (χ0) is 21.7. The number of hydrazine groups is 1. The van der Waals surface area contributed by atoms with Gasteiger partial charge in [0.1, 0.15) is 11.3 Å². The molecule has 3 rings (SSSR count). The van der Waals surface area contributed by atoms with E-state index < -0.39 is 36.0 Å². The Kier molecular flexibility index (Phi) is 6.39. The largest absolute Gasteiger partial charge is 0.496 e. The molecule has 0 atom stereocenters. The van der Waals surface area contributed by atoms with Crippen molar-refractivity contribution in [1.82, 2.24) is 15.8 Å². The molecule has 1 saturated carbocycles. The van der Waals surface area contributed by atoms with Crippen molar-refractivity contribution in [3.05, 3.63) is 35.9 Å². The summed E-state index contributed by atoms with van der Waals surface area (Å²) in [4.78, 5) is 48.8. The van der Waals surface area contributed by atoms with Crippen LogP contribution in [0.5, 0.6) is 5.75 Å². The Morgan fingerprint density at radius 1 is 1.27 bits per heavy atom. The quantitative estimate of drug-likeness (QED) is 0.416. The molecule has 1 saturated heterocycles. The fraction of sp³-hybridized carbons (Fsp3) is 0.429. The highest BCUT2D eigenvalue weighted by molar-refractivity contribution is 6.08. The number of hydrogen-bond donors (Lipinski definition) is 2. The van der Waals surface area contributed by atoms with Crippen LogP contribution in [0.3, 0.4) is 0 Å². The Morgan fingerprint density at radius 3 is 2.67 bits per heavy atom. The number of esters is 1. The van der Waals surface area contributed by atoms with Crippen molar-refractivity contribution in [3.63, 3.8) is 0 Å². The second-order valence-corrected chi connectivity index (χ2v) is 7.55. The van der Waals surface area contributed by atoms with Gasteiger partial charge in [-0.1, -0.05) is 25.1 Å². The molecule has 2 aliphatic rings. The fourth-order valence-electron chi connectivity index (χ4n) is 3.62. The first-order valence-electron chi connectivity index (χ1n) is 9.79. The predicted molar refractivity (Wildman–Crippen MR) is 107 cm³/mol. The van der Waals surface area contributed by atoms with Crippen molar-refractivity contribution >= 4 is 29.9 Å². The number of benzene rings is 1. The van der Waals surface area contributed by atoms with Gasteiger partial charge in [0.05, 0.1) is 7.11 Å². The van der Waals surface area contributed by atoms with Gasteiger partial charge in [0.2, 0.25) is 0 Å². The number of imide groups is 1. The normalized spacial score (nSPS) is 23.5. The van der Waals surface area contributed by atoms with E-state index in [2.05, 4.69) is 17.7 Å². The van der Waals surface area contributed by atoms with Gasteiger partial charge in [0.25, 0.3) is 11.8 Å². The van der Waals surface area contributed by atoms with E-state index in [0.717, 1.165) is 18.9 Å². The smallest absolute Gasteiger partial charge is 0.344 e. The van der Waals surface area contributed by atoms with E-state index in [4.69, 9.17) is 9.47 Å². The SMILES string of the molecule is COc1ccccc1/C=C/C(=O)OCC(=O)NN1C(=O)NC2(CCC(C)CC2)C1=O. The van der Waals surface area contributed by atoms with Gasteiger partial charge in [-0.15, -0.1) is 0 Å². The van der Waals surface area contributed by atoms with E-state index >= 15 is 0 Å². The molecule has 1 aliphatic heterocycles. The van der Waals surface area contributed by atoms with Crippen molar-refractivity contribution in [2.24, 2.45) is 5.92 Å². The first kappa shape index (κ1) is 21.4. The maximum atomic E-state index is 12.7. The minimum absolute atomic E-state index is 0.477. The zero-order valence-electron chi connectivity index (χ0n) is 17.0. The molecule has 1 aromatic rings. The Morgan fingerprint density at radius 2 is 1.97 bits per heavy atom. The van der Waals surface area contributed by atoms with Gasteiger partial charge in [-0.2, -0.15) is 5.01 Å². The first-order valence-corrected chi connectivity index (χ1v) is 9.79. The van der Waals surface area contributed by atoms with Gasteiger partial charge >= 0.3 is 12.0 Å². The number of rotatable bonds is 6. The van der Waals surface area contributed by atoms with Crippen LogP contribution < -0.4 is 15.5 Å². The Bertz CT molecular complexity index is 873. The van der Waals surface area contributed by atoms with Gasteiger partial charge in [-0.25, -0.2) is 9.59 Å². The molecule has 4 amide bonds. The molecule has 2 N–H and O–H groups in total. The number of carbonyl (C=O) groups is 4. The number of amides is 4. The van der Waals surface area contributed by atoms with Crippen molar-refractivity contribution < 1.29 is 28.7 Å². The maximum absolute atomic E-state index is 12.7. The predicted octanol–water partition coefficient (Wildman–Crippen LogP) is 1.78. The lowest BCUT2D eigenvalue weighted by Crippen LogP contribution is -2.52. The summed E-state index contributed by atoms with van der Waals surface area (Å²) in [6.45, 7) is 1.47. The third-order valence-corrected chi connectivity index (χ3v) is 5.41. The van der Waals surface area contributed by atoms with Gasteiger partial charge in [0, 0.05) is 11.6 Å². The van der Waals surface area contributed by atoms with Crippen molar-refractivity contribution in [3.8, 4) is 5.75 Å². The molecule has 0 aromatic heterocycles. The third kappa shape index (κ3) is 4.61. The van der Waals surface area contributed by atoms with Crippen LogP contribution in [0, 0.1) is 5.92 Å². The zero-order valence-corrected chi connectivity index (χ0v) is 17.0. The van der Waals surface area contributed by atoms with Crippen LogP contribution in [-0.2, 0) is 19.1 Å². The summed E-state index contributed by atoms with van der Waals surface area (Å²) < 4.78 is 10.1. The van der Waals surface area contributed by atoms with E-state index in [0.29, 0.717) is 35.1 Å². The highest BCUT2D eigenvalue weighted by atomic mass is 16.5. The van der Waals surface area contributed by atoms with Crippen LogP contribution in [0.2, 0.25) is 0 Å². The minimum atomic E-state index is -0.953. The molecule has 160 valence electrons. The van der Waals surface area contributed by atoms with E-state index in [-0.39, 0.29) is 0 Å². The minimum Gasteiger partial charge on any atom is -0.496 e. The molecule has 0 unspecified atom stereocenters. The summed E-state index contributed by atoms with van der Waals surface area (Å²) in [5.74, 6) is -0.920. The topological polar surface area (TPSA) is 114 Å². The van der Waals surface area contributed by atoms with Gasteiger partial charge < -0.3 is 14.8 Å². The average Bonchev–Trinajstić information content (AvgIpc) is 2.97. The van der Waals surface area contributed by atoms with Gasteiger partial charge in [-0.3, -0.25) is 15.0 Å². The van der Waals surface area contributed by atoms with Crippen LogP contribution in [-0.4, -0.2) is 48.1 Å². The molecule has 1 aromatic carbocycles. The standard InChI is InChI=1S/C21H25N3O6/c1-14-9-11-21(12-10-14)19(27)24(20(28)22-21)23-17(25)13-30-18(26)8-7-15-5-3-4-6-16(15)29-2/h3-8,14H,9-13H2,1-2H3,(H,22,28)(H,23,25)/b8-7+. The number of nitrogens with one attached hydrogen (secondary N) is 2. The van der Waals surface area contributed by atoms with Crippen LogP contribution in [0.15, 0.2) is 30.3 Å². The number of carbonyl (C=O) groups excluding carboxylic acids is 4. The molecule has 1 aliphatic carbocycles. The summed E-state index contributed by atoms with van der Waals surface area (Å²) >= 11 is 0. The first-order chi connectivity index (χ1) is 14.3. The van der Waals surface area contributed by atoms with Crippen molar-refractivity contribution in [2.75, 3.05) is 13.7 Å². The highest BCUT2D eigenvalue weighted by Crippen LogP contribution is 2.35. The van der Waals surface area contributed by atoms with Gasteiger partial charge in [-0.05, 0) is 43.7 Å². The lowest BCUT2D eigenvalue weighted by Gasteiger charge is -2.33. The summed E-state index contributed by atoms with van der Waals surface area (Å²) in [5, 5.41) is 3.38. The van der Waals surface area contributed by atoms with Gasteiger partial charge in [0.15, 0.2) is 6.61 Å². The fourth-order valence-corrected chi connectivity index (χ4v) is 3.62. The Hall–Kier alpha value is -3.36. The number of methoxy groups -OCH3 is 1. The maximum Gasteiger partial charge on any atom is 0.344 e. The molecule has 9 heteroatoms. The van der Waals surface area contributed by atoms with E-state index in [1.165, 1.54) is 13.2 Å². The molecule has 1 spiro atoms. The number of nitrogens with zero attached hydrogens (tertiary/aromatic N) is 1. The van der Waals surface area contributed by atoms with Crippen molar-refractivity contribution in [1.29, 1.82) is 0 Å². The Labute approximate surface area is 174 Å². The number of para-hydroxylation sites is 1. The molecule has 2 fully saturated rings. The number of ether oxygens (including phenoxy) is 2. The lowest BCUT2D eigenvalue weighted by molar-refractivity contribution is -0.147. The van der Waals surface area contributed by atoms with E-state index in [1.54, 1.807) is 24.3 Å². The highest BCUT2D eigenvalue weighted by Gasteiger charge is 2.52. The molecule has 30 heavy (non-hydrogen) atoms. The molecule has 9 nitrogen and oxygen atoms in total. The monoisotopic (exact) mass is 415 g/mol. The molecular weight excluding hydrogens is 390 g/mol. The molecule has 1 heterocycles. The van der Waals surface area contributed by atoms with Crippen molar-refractivity contribution in [2.45, 2.75) is 38.1 Å². The van der Waals surface area contributed by atoms with Crippen LogP contribution in [0.25, 0.3) is 6.08 Å². The van der Waals surface area contributed by atoms with Crippen LogP contribution >= 0.6 is 0 Å². The van der Waals surface area contributed by atoms with E-state index in [1.807, 2.05) is 0 Å². The molecule has 0 bridgehead atoms. The summed E-state index contributed by atoms with van der Waals surface area (Å²) in [7, 11) is 1.52. The number of hydrogen-bond acceptors (Lipinski definition) is 6. The lowest BCUT2D eigenvalue weighted by atomic mass is 9.77. The summed E-state index contributed by atoms with van der Waals surface area (Å²) in [5.41, 5.74) is 1.94.